The Labute approximate surface area is 165 Å². The molecule has 0 bridgehead atoms. The Morgan fingerprint density at radius 3 is 2.74 bits per heavy atom. The number of rotatable bonds is 7. The van der Waals surface area contributed by atoms with Gasteiger partial charge in [-0.1, -0.05) is 24.3 Å². The molecule has 0 spiro atoms. The average Bonchev–Trinajstić information content (AvgIpc) is 2.69. The van der Waals surface area contributed by atoms with E-state index in [4.69, 9.17) is 0 Å². The number of benzene rings is 2. The quantitative estimate of drug-likeness (QED) is 0.666. The molecule has 0 aliphatic carbocycles. The number of piperidine rings is 1. The molecule has 2 aromatic rings. The van der Waals surface area contributed by atoms with Gasteiger partial charge in [0.2, 0.25) is 5.91 Å². The van der Waals surface area contributed by atoms with Gasteiger partial charge in [-0.2, -0.15) is 0 Å². The number of nitrogens with zero attached hydrogens (tertiary/aromatic N) is 1. The van der Waals surface area contributed by atoms with Crippen LogP contribution in [0.4, 0.5) is 10.1 Å². The molecule has 3 rings (SSSR count). The molecule has 1 saturated heterocycles. The van der Waals surface area contributed by atoms with Crippen LogP contribution >= 0.6 is 11.8 Å². The first-order valence-corrected chi connectivity index (χ1v) is 10.8. The lowest BCUT2D eigenvalue weighted by Crippen LogP contribution is -2.35. The van der Waals surface area contributed by atoms with E-state index in [0.717, 1.165) is 32.5 Å². The van der Waals surface area contributed by atoms with E-state index in [-0.39, 0.29) is 17.4 Å². The molecule has 3 nitrogen and oxygen atoms in total. The minimum absolute atomic E-state index is 0.107. The van der Waals surface area contributed by atoms with Gasteiger partial charge < -0.3 is 5.32 Å². The number of carbonyl (C=O) groups excluding carboxylic acids is 1. The van der Waals surface area contributed by atoms with E-state index >= 15 is 0 Å². The number of hydrogen-bond donors (Lipinski definition) is 1. The number of hydrogen-bond acceptors (Lipinski definition) is 3. The molecule has 1 amide bonds. The van der Waals surface area contributed by atoms with Gasteiger partial charge in [0, 0.05) is 24.4 Å². The van der Waals surface area contributed by atoms with Gasteiger partial charge in [-0.05, 0) is 67.8 Å². The highest BCUT2D eigenvalue weighted by Gasteiger charge is 2.21. The van der Waals surface area contributed by atoms with E-state index in [9.17, 15) is 9.18 Å². The van der Waals surface area contributed by atoms with E-state index in [0.29, 0.717) is 12.3 Å². The summed E-state index contributed by atoms with van der Waals surface area (Å²) in [7, 11) is 0. The average molecular weight is 387 g/mol. The van der Waals surface area contributed by atoms with Gasteiger partial charge in [0.1, 0.15) is 5.82 Å². The molecule has 5 heteroatoms. The summed E-state index contributed by atoms with van der Waals surface area (Å²) < 4.78 is 13.6. The third kappa shape index (κ3) is 6.08. The number of anilines is 1. The number of nitrogens with one attached hydrogen (secondary N) is 1. The summed E-state index contributed by atoms with van der Waals surface area (Å²) >= 11 is 1.76. The van der Waals surface area contributed by atoms with Crippen molar-refractivity contribution in [1.82, 2.24) is 4.90 Å². The Kier molecular flexibility index (Phi) is 7.30. The van der Waals surface area contributed by atoms with Crippen LogP contribution in [0, 0.1) is 11.7 Å². The van der Waals surface area contributed by atoms with Crippen molar-refractivity contribution in [2.24, 2.45) is 5.92 Å². The minimum atomic E-state index is -0.387. The first-order chi connectivity index (χ1) is 13.1. The Morgan fingerprint density at radius 1 is 1.22 bits per heavy atom. The van der Waals surface area contributed by atoms with Gasteiger partial charge in [0.05, 0.1) is 5.69 Å². The topological polar surface area (TPSA) is 32.3 Å². The predicted octanol–water partition coefficient (Wildman–Crippen LogP) is 5.18. The zero-order valence-corrected chi connectivity index (χ0v) is 16.6. The van der Waals surface area contributed by atoms with Gasteiger partial charge in [0.25, 0.3) is 0 Å². The number of halogens is 1. The smallest absolute Gasteiger partial charge is 0.224 e. The SMILES string of the molecule is CSc1ccc(CN2CCCC(CCC(=O)Nc3ccccc3F)C2)cc1. The normalized spacial score (nSPS) is 17.6. The van der Waals surface area contributed by atoms with Crippen molar-refractivity contribution in [2.75, 3.05) is 24.7 Å². The lowest BCUT2D eigenvalue weighted by atomic mass is 9.93. The maximum Gasteiger partial charge on any atom is 0.224 e. The molecule has 1 heterocycles. The summed E-state index contributed by atoms with van der Waals surface area (Å²) in [6.07, 6.45) is 5.71. The van der Waals surface area contributed by atoms with E-state index in [1.807, 2.05) is 0 Å². The lowest BCUT2D eigenvalue weighted by Gasteiger charge is -2.32. The Morgan fingerprint density at radius 2 is 2.00 bits per heavy atom. The van der Waals surface area contributed by atoms with Crippen LogP contribution in [-0.4, -0.2) is 30.2 Å². The highest BCUT2D eigenvalue weighted by molar-refractivity contribution is 7.98. The molecule has 0 aromatic heterocycles. The van der Waals surface area contributed by atoms with Gasteiger partial charge in [-0.3, -0.25) is 9.69 Å². The highest BCUT2D eigenvalue weighted by Crippen LogP contribution is 2.24. The zero-order valence-electron chi connectivity index (χ0n) is 15.8. The molecule has 0 saturated carbocycles. The molecule has 1 aliphatic heterocycles. The Bertz CT molecular complexity index is 750. The fourth-order valence-corrected chi connectivity index (χ4v) is 4.04. The Balaban J connectivity index is 1.45. The van der Waals surface area contributed by atoms with Crippen LogP contribution in [0.15, 0.2) is 53.4 Å². The van der Waals surface area contributed by atoms with Crippen LogP contribution < -0.4 is 5.32 Å². The third-order valence-electron chi connectivity index (χ3n) is 5.10. The molecular formula is C22H27FN2OS. The summed E-state index contributed by atoms with van der Waals surface area (Å²) in [4.78, 5) is 15.9. The maximum absolute atomic E-state index is 13.6. The second-order valence-electron chi connectivity index (χ2n) is 7.16. The molecule has 1 unspecified atom stereocenters. The van der Waals surface area contributed by atoms with Gasteiger partial charge in [-0.15, -0.1) is 11.8 Å². The number of likely N-dealkylation sites (tertiary alicyclic amines) is 1. The highest BCUT2D eigenvalue weighted by atomic mass is 32.2. The van der Waals surface area contributed by atoms with Crippen molar-refractivity contribution < 1.29 is 9.18 Å². The van der Waals surface area contributed by atoms with Crippen molar-refractivity contribution in [3.05, 3.63) is 59.9 Å². The first-order valence-electron chi connectivity index (χ1n) is 9.53. The van der Waals surface area contributed by atoms with Crippen LogP contribution in [0.2, 0.25) is 0 Å². The van der Waals surface area contributed by atoms with Crippen molar-refractivity contribution >= 4 is 23.4 Å². The maximum atomic E-state index is 13.6. The van der Waals surface area contributed by atoms with Crippen LogP contribution in [-0.2, 0) is 11.3 Å². The van der Waals surface area contributed by atoms with Crippen molar-refractivity contribution in [2.45, 2.75) is 37.1 Å². The number of thioether (sulfide) groups is 1. The Hall–Kier alpha value is -1.85. The van der Waals surface area contributed by atoms with Crippen molar-refractivity contribution in [3.63, 3.8) is 0 Å². The monoisotopic (exact) mass is 386 g/mol. The number of amides is 1. The van der Waals surface area contributed by atoms with Crippen LogP contribution in [0.1, 0.15) is 31.2 Å². The fraction of sp³-hybridized carbons (Fsp3) is 0.409. The minimum Gasteiger partial charge on any atom is -0.324 e. The third-order valence-corrected chi connectivity index (χ3v) is 5.84. The number of para-hydroxylation sites is 1. The van der Waals surface area contributed by atoms with E-state index in [1.54, 1.807) is 30.0 Å². The lowest BCUT2D eigenvalue weighted by molar-refractivity contribution is -0.116. The van der Waals surface area contributed by atoms with Gasteiger partial charge in [0.15, 0.2) is 0 Å². The van der Waals surface area contributed by atoms with Gasteiger partial charge >= 0.3 is 0 Å². The summed E-state index contributed by atoms with van der Waals surface area (Å²) in [5.74, 6) is 0.0302. The molecule has 1 atom stereocenters. The van der Waals surface area contributed by atoms with E-state index < -0.39 is 0 Å². The summed E-state index contributed by atoms with van der Waals surface area (Å²) in [6.45, 7) is 3.10. The molecule has 1 fully saturated rings. The van der Waals surface area contributed by atoms with E-state index in [1.165, 1.54) is 22.9 Å². The standard InChI is InChI=1S/C22H27FN2OS/c1-27-19-11-8-18(9-12-19)16-25-14-4-5-17(15-25)10-13-22(26)24-21-7-3-2-6-20(21)23/h2-3,6-9,11-12,17H,4-5,10,13-16H2,1H3,(H,24,26). The van der Waals surface area contributed by atoms with Crippen LogP contribution in [0.5, 0.6) is 0 Å². The van der Waals surface area contributed by atoms with Crippen molar-refractivity contribution in [1.29, 1.82) is 0 Å². The molecule has 0 radical (unpaired) electrons. The van der Waals surface area contributed by atoms with Crippen LogP contribution in [0.25, 0.3) is 0 Å². The van der Waals surface area contributed by atoms with Gasteiger partial charge in [-0.25, -0.2) is 4.39 Å². The van der Waals surface area contributed by atoms with E-state index in [2.05, 4.69) is 40.7 Å². The largest absolute Gasteiger partial charge is 0.324 e. The van der Waals surface area contributed by atoms with Crippen LogP contribution in [0.3, 0.4) is 0 Å². The van der Waals surface area contributed by atoms with Crippen molar-refractivity contribution in [3.8, 4) is 0 Å². The fourth-order valence-electron chi connectivity index (χ4n) is 3.63. The molecule has 2 aromatic carbocycles. The molecular weight excluding hydrogens is 359 g/mol. The molecule has 144 valence electrons. The predicted molar refractivity (Wildman–Crippen MR) is 110 cm³/mol. The zero-order chi connectivity index (χ0) is 19.1. The first kappa shape index (κ1) is 19.9. The molecule has 1 aliphatic rings. The molecule has 27 heavy (non-hydrogen) atoms. The molecule has 1 N–H and O–H groups in total. The summed E-state index contributed by atoms with van der Waals surface area (Å²) in [6, 6.07) is 15.1. The number of carbonyl (C=O) groups is 1. The second-order valence-corrected chi connectivity index (χ2v) is 8.04. The summed E-state index contributed by atoms with van der Waals surface area (Å²) in [5.41, 5.74) is 1.60. The summed E-state index contributed by atoms with van der Waals surface area (Å²) in [5, 5.41) is 2.68. The second kappa shape index (κ2) is 9.90.